The van der Waals surface area contributed by atoms with Gasteiger partial charge in [0.15, 0.2) is 0 Å². The highest BCUT2D eigenvalue weighted by Gasteiger charge is 2.07. The van der Waals surface area contributed by atoms with Gasteiger partial charge in [-0.25, -0.2) is 4.79 Å². The monoisotopic (exact) mass is 378 g/mol. The Hall–Kier alpha value is -3.28. The number of anilines is 2. The van der Waals surface area contributed by atoms with Crippen molar-refractivity contribution in [1.29, 1.82) is 0 Å². The maximum absolute atomic E-state index is 12.2. The number of hydrogen-bond donors (Lipinski definition) is 3. The Morgan fingerprint density at radius 1 is 0.964 bits per heavy atom. The predicted octanol–water partition coefficient (Wildman–Crippen LogP) is 4.45. The standard InChI is InChI=1S/C22H26N4O2/c1-16(2)15-26-13-11-17-14-19(8-9-20(17)26)24-21(27)10-12-23-22(28)25-18-6-4-3-5-7-18/h3-9,11,13-14,16H,10,12,15H2,1-2H3,(H,24,27)(H2,23,25,28). The number of amides is 3. The molecule has 146 valence electrons. The van der Waals surface area contributed by atoms with E-state index in [1.54, 1.807) is 12.1 Å². The van der Waals surface area contributed by atoms with Crippen molar-refractivity contribution in [2.75, 3.05) is 17.2 Å². The second kappa shape index (κ2) is 9.08. The number of nitrogens with zero attached hydrogens (tertiary/aromatic N) is 1. The molecule has 0 bridgehead atoms. The molecule has 2 aromatic carbocycles. The lowest BCUT2D eigenvalue weighted by Crippen LogP contribution is -2.31. The topological polar surface area (TPSA) is 75.2 Å². The van der Waals surface area contributed by atoms with Crippen molar-refractivity contribution in [2.24, 2.45) is 5.92 Å². The third kappa shape index (κ3) is 5.36. The Bertz CT molecular complexity index is 948. The Kier molecular flexibility index (Phi) is 6.32. The molecule has 1 heterocycles. The van der Waals surface area contributed by atoms with Crippen LogP contribution in [-0.4, -0.2) is 23.1 Å². The maximum atomic E-state index is 12.2. The zero-order valence-electron chi connectivity index (χ0n) is 16.2. The summed E-state index contributed by atoms with van der Waals surface area (Å²) >= 11 is 0. The molecule has 28 heavy (non-hydrogen) atoms. The fourth-order valence-corrected chi connectivity index (χ4v) is 3.04. The van der Waals surface area contributed by atoms with E-state index in [4.69, 9.17) is 0 Å². The molecule has 0 saturated heterocycles. The van der Waals surface area contributed by atoms with Gasteiger partial charge in [-0.05, 0) is 42.3 Å². The lowest BCUT2D eigenvalue weighted by molar-refractivity contribution is -0.116. The fraction of sp³-hybridized carbons (Fsp3) is 0.273. The normalized spacial score (nSPS) is 10.8. The van der Waals surface area contributed by atoms with Gasteiger partial charge in [-0.3, -0.25) is 4.79 Å². The first-order valence-corrected chi connectivity index (χ1v) is 9.50. The van der Waals surface area contributed by atoms with Gasteiger partial charge < -0.3 is 20.5 Å². The molecule has 0 unspecified atom stereocenters. The molecular weight excluding hydrogens is 352 g/mol. The minimum Gasteiger partial charge on any atom is -0.347 e. The van der Waals surface area contributed by atoms with Crippen molar-refractivity contribution in [3.63, 3.8) is 0 Å². The average molecular weight is 378 g/mol. The number of carbonyl (C=O) groups is 2. The molecule has 3 aromatic rings. The highest BCUT2D eigenvalue weighted by Crippen LogP contribution is 2.21. The Morgan fingerprint density at radius 2 is 1.75 bits per heavy atom. The molecule has 3 N–H and O–H groups in total. The van der Waals surface area contributed by atoms with Crippen LogP contribution in [0.4, 0.5) is 16.2 Å². The third-order valence-corrected chi connectivity index (χ3v) is 4.29. The van der Waals surface area contributed by atoms with Crippen LogP contribution < -0.4 is 16.0 Å². The number of aromatic nitrogens is 1. The summed E-state index contributed by atoms with van der Waals surface area (Å²) in [6.45, 7) is 5.60. The minimum absolute atomic E-state index is 0.138. The van der Waals surface area contributed by atoms with E-state index in [1.165, 1.54) is 0 Å². The molecule has 3 rings (SSSR count). The van der Waals surface area contributed by atoms with Crippen LogP contribution in [0.15, 0.2) is 60.8 Å². The van der Waals surface area contributed by atoms with E-state index < -0.39 is 0 Å². The number of para-hydroxylation sites is 1. The Balaban J connectivity index is 1.47. The van der Waals surface area contributed by atoms with Gasteiger partial charge in [0, 0.05) is 48.0 Å². The van der Waals surface area contributed by atoms with E-state index in [0.717, 1.165) is 23.1 Å². The van der Waals surface area contributed by atoms with Gasteiger partial charge in [-0.2, -0.15) is 0 Å². The molecule has 1 aromatic heterocycles. The van der Waals surface area contributed by atoms with Crippen LogP contribution >= 0.6 is 0 Å². The zero-order valence-corrected chi connectivity index (χ0v) is 16.2. The number of carbonyl (C=O) groups excluding carboxylic acids is 2. The second-order valence-electron chi connectivity index (χ2n) is 7.18. The zero-order chi connectivity index (χ0) is 19.9. The minimum atomic E-state index is -0.327. The number of benzene rings is 2. The summed E-state index contributed by atoms with van der Waals surface area (Å²) in [5, 5.41) is 9.39. The number of rotatable bonds is 7. The molecule has 0 saturated carbocycles. The van der Waals surface area contributed by atoms with Crippen molar-refractivity contribution in [1.82, 2.24) is 9.88 Å². The molecule has 0 aliphatic heterocycles. The molecule has 0 radical (unpaired) electrons. The van der Waals surface area contributed by atoms with Crippen molar-refractivity contribution in [3.8, 4) is 0 Å². The highest BCUT2D eigenvalue weighted by molar-refractivity contribution is 5.94. The third-order valence-electron chi connectivity index (χ3n) is 4.29. The van der Waals surface area contributed by atoms with Crippen molar-refractivity contribution < 1.29 is 9.59 Å². The summed E-state index contributed by atoms with van der Waals surface area (Å²) in [4.78, 5) is 24.0. The van der Waals surface area contributed by atoms with E-state index in [2.05, 4.69) is 46.6 Å². The molecule has 6 heteroatoms. The second-order valence-corrected chi connectivity index (χ2v) is 7.18. The van der Waals surface area contributed by atoms with Gasteiger partial charge in [0.25, 0.3) is 0 Å². The molecule has 6 nitrogen and oxygen atoms in total. The van der Waals surface area contributed by atoms with E-state index >= 15 is 0 Å². The quantitative estimate of drug-likeness (QED) is 0.568. The molecule has 0 spiro atoms. The summed E-state index contributed by atoms with van der Waals surface area (Å²) < 4.78 is 2.22. The smallest absolute Gasteiger partial charge is 0.319 e. The van der Waals surface area contributed by atoms with E-state index in [0.29, 0.717) is 11.6 Å². The molecule has 0 aliphatic rings. The molecule has 0 aliphatic carbocycles. The van der Waals surface area contributed by atoms with Crippen LogP contribution in [0.3, 0.4) is 0 Å². The van der Waals surface area contributed by atoms with E-state index in [-0.39, 0.29) is 24.9 Å². The number of hydrogen-bond acceptors (Lipinski definition) is 2. The first-order valence-electron chi connectivity index (χ1n) is 9.50. The van der Waals surface area contributed by atoms with Crippen molar-refractivity contribution >= 4 is 34.2 Å². The number of fused-ring (bicyclic) bond motifs is 1. The van der Waals surface area contributed by atoms with Crippen LogP contribution in [0.2, 0.25) is 0 Å². The molecule has 3 amide bonds. The SMILES string of the molecule is CC(C)Cn1ccc2cc(NC(=O)CCNC(=O)Nc3ccccc3)ccc21. The van der Waals surface area contributed by atoms with E-state index in [1.807, 2.05) is 36.4 Å². The van der Waals surface area contributed by atoms with Gasteiger partial charge in [0.1, 0.15) is 0 Å². The van der Waals surface area contributed by atoms with Gasteiger partial charge in [0.05, 0.1) is 0 Å². The largest absolute Gasteiger partial charge is 0.347 e. The van der Waals surface area contributed by atoms with E-state index in [9.17, 15) is 9.59 Å². The van der Waals surface area contributed by atoms with Gasteiger partial charge >= 0.3 is 6.03 Å². The summed E-state index contributed by atoms with van der Waals surface area (Å²) in [5.74, 6) is 0.433. The first-order chi connectivity index (χ1) is 13.5. The fourth-order valence-electron chi connectivity index (χ4n) is 3.04. The molecular formula is C22H26N4O2. The van der Waals surface area contributed by atoms with Crippen LogP contribution in [0.25, 0.3) is 10.9 Å². The molecule has 0 atom stereocenters. The van der Waals surface area contributed by atoms with Gasteiger partial charge in [0.2, 0.25) is 5.91 Å². The van der Waals surface area contributed by atoms with Crippen LogP contribution in [0, 0.1) is 5.92 Å². The van der Waals surface area contributed by atoms with Gasteiger partial charge in [-0.15, -0.1) is 0 Å². The summed E-state index contributed by atoms with van der Waals surface area (Å²) in [7, 11) is 0. The first kappa shape index (κ1) is 19.5. The number of urea groups is 1. The van der Waals surface area contributed by atoms with Crippen LogP contribution in [0.1, 0.15) is 20.3 Å². The predicted molar refractivity (Wildman–Crippen MR) is 113 cm³/mol. The van der Waals surface area contributed by atoms with Crippen LogP contribution in [0.5, 0.6) is 0 Å². The summed E-state index contributed by atoms with van der Waals surface area (Å²) in [5.41, 5.74) is 2.63. The highest BCUT2D eigenvalue weighted by atomic mass is 16.2. The summed E-state index contributed by atoms with van der Waals surface area (Å²) in [6, 6.07) is 16.8. The van der Waals surface area contributed by atoms with Crippen molar-refractivity contribution in [2.45, 2.75) is 26.8 Å². The molecule has 0 fully saturated rings. The Labute approximate surface area is 164 Å². The number of nitrogens with one attached hydrogen (secondary N) is 3. The maximum Gasteiger partial charge on any atom is 0.319 e. The summed E-state index contributed by atoms with van der Waals surface area (Å²) in [6.07, 6.45) is 2.28. The van der Waals surface area contributed by atoms with Crippen LogP contribution in [-0.2, 0) is 11.3 Å². The van der Waals surface area contributed by atoms with Gasteiger partial charge in [-0.1, -0.05) is 32.0 Å². The lowest BCUT2D eigenvalue weighted by atomic mass is 10.2. The lowest BCUT2D eigenvalue weighted by Gasteiger charge is -2.10. The average Bonchev–Trinajstić information content (AvgIpc) is 3.04. The Morgan fingerprint density at radius 3 is 2.50 bits per heavy atom. The van der Waals surface area contributed by atoms with Crippen molar-refractivity contribution in [3.05, 3.63) is 60.8 Å².